The quantitative estimate of drug-likeness (QED) is 0.565. The molecule has 2 aromatic heterocycles. The number of hydrogen-bond acceptors (Lipinski definition) is 4. The van der Waals surface area contributed by atoms with Gasteiger partial charge in [-0.2, -0.15) is 0 Å². The first-order valence-corrected chi connectivity index (χ1v) is 8.08. The second-order valence-corrected chi connectivity index (χ2v) is 6.89. The third kappa shape index (κ3) is 2.62. The Balaban J connectivity index is 2.05. The van der Waals surface area contributed by atoms with Gasteiger partial charge in [0.1, 0.15) is 6.42 Å². The van der Waals surface area contributed by atoms with Gasteiger partial charge in [0.25, 0.3) is 0 Å². The molecule has 21 heavy (non-hydrogen) atoms. The number of rotatable bonds is 4. The average Bonchev–Trinajstić information content (AvgIpc) is 3.01. The van der Waals surface area contributed by atoms with Crippen LogP contribution in [-0.2, 0) is 4.79 Å². The number of hydrogen-bond donors (Lipinski definition) is 1. The maximum absolute atomic E-state index is 11.9. The largest absolute Gasteiger partial charge is 0.481 e. The predicted octanol–water partition coefficient (Wildman–Crippen LogP) is 4.60. The monoisotopic (exact) mass is 316 g/mol. The van der Waals surface area contributed by atoms with E-state index in [9.17, 15) is 9.59 Å². The van der Waals surface area contributed by atoms with E-state index in [-0.39, 0.29) is 5.78 Å². The van der Waals surface area contributed by atoms with Gasteiger partial charge in [-0.1, -0.05) is 18.2 Å². The highest BCUT2D eigenvalue weighted by Crippen LogP contribution is 2.38. The topological polar surface area (TPSA) is 54.4 Å². The Hall–Kier alpha value is -1.98. The molecule has 0 aliphatic carbocycles. The van der Waals surface area contributed by atoms with Crippen LogP contribution in [-0.4, -0.2) is 16.9 Å². The molecule has 5 heteroatoms. The van der Waals surface area contributed by atoms with Crippen LogP contribution >= 0.6 is 22.7 Å². The molecule has 3 rings (SSSR count). The van der Waals surface area contributed by atoms with Crippen molar-refractivity contribution in [2.24, 2.45) is 0 Å². The first-order chi connectivity index (χ1) is 10.1. The zero-order chi connectivity index (χ0) is 15.0. The molecule has 0 saturated heterocycles. The highest BCUT2D eigenvalue weighted by Gasteiger charge is 2.17. The van der Waals surface area contributed by atoms with Crippen molar-refractivity contribution in [1.29, 1.82) is 0 Å². The Morgan fingerprint density at radius 3 is 2.71 bits per heavy atom. The minimum absolute atomic E-state index is 0.332. The molecular formula is C16H12O3S2. The Morgan fingerprint density at radius 2 is 1.95 bits per heavy atom. The molecule has 1 N–H and O–H groups in total. The second-order valence-electron chi connectivity index (χ2n) is 4.72. The Morgan fingerprint density at radius 1 is 1.19 bits per heavy atom. The van der Waals surface area contributed by atoms with Crippen LogP contribution in [0.1, 0.15) is 21.0 Å². The van der Waals surface area contributed by atoms with Gasteiger partial charge in [-0.25, -0.2) is 0 Å². The van der Waals surface area contributed by atoms with Crippen molar-refractivity contribution in [3.63, 3.8) is 0 Å². The summed E-state index contributed by atoms with van der Waals surface area (Å²) in [4.78, 5) is 24.1. The Labute approximate surface area is 129 Å². The molecule has 106 valence electrons. The molecule has 0 saturated carbocycles. The number of ketones is 1. The van der Waals surface area contributed by atoms with Crippen LogP contribution in [0.3, 0.4) is 0 Å². The van der Waals surface area contributed by atoms with E-state index in [1.54, 1.807) is 11.3 Å². The van der Waals surface area contributed by atoms with Gasteiger partial charge < -0.3 is 5.11 Å². The van der Waals surface area contributed by atoms with E-state index in [4.69, 9.17) is 5.11 Å². The third-order valence-electron chi connectivity index (χ3n) is 3.28. The summed E-state index contributed by atoms with van der Waals surface area (Å²) in [5, 5.41) is 12.0. The summed E-state index contributed by atoms with van der Waals surface area (Å²) in [6, 6.07) is 9.96. The van der Waals surface area contributed by atoms with Crippen molar-refractivity contribution in [3.8, 4) is 11.1 Å². The maximum Gasteiger partial charge on any atom is 0.311 e. The molecule has 3 aromatic rings. The van der Waals surface area contributed by atoms with Gasteiger partial charge in [0.2, 0.25) is 0 Å². The van der Waals surface area contributed by atoms with E-state index < -0.39 is 12.4 Å². The van der Waals surface area contributed by atoms with Gasteiger partial charge in [-0.15, -0.1) is 22.7 Å². The summed E-state index contributed by atoms with van der Waals surface area (Å²) >= 11 is 3.03. The summed E-state index contributed by atoms with van der Waals surface area (Å²) in [5.41, 5.74) is 2.13. The predicted molar refractivity (Wildman–Crippen MR) is 86.5 cm³/mol. The molecule has 0 aliphatic rings. The van der Waals surface area contributed by atoms with Crippen LogP contribution in [0.4, 0.5) is 0 Å². The molecule has 0 atom stereocenters. The number of aliphatic carboxylic acids is 1. The fourth-order valence-corrected chi connectivity index (χ4v) is 4.23. The van der Waals surface area contributed by atoms with E-state index >= 15 is 0 Å². The standard InChI is InChI=1S/C16H12O3S2/c1-9-11(6-15(21-9)13(17)7-16(18)19)12-8-20-14-5-3-2-4-10(12)14/h2-6,8H,7H2,1H3,(H,18,19). The third-order valence-corrected chi connectivity index (χ3v) is 5.33. The second kappa shape index (κ2) is 5.42. The molecule has 0 bridgehead atoms. The first-order valence-electron chi connectivity index (χ1n) is 6.38. The van der Waals surface area contributed by atoms with Gasteiger partial charge in [0.05, 0.1) is 4.88 Å². The molecule has 0 fully saturated rings. The molecule has 0 spiro atoms. The van der Waals surface area contributed by atoms with E-state index in [0.717, 1.165) is 16.0 Å². The van der Waals surface area contributed by atoms with E-state index in [2.05, 4.69) is 17.5 Å². The van der Waals surface area contributed by atoms with E-state index in [0.29, 0.717) is 4.88 Å². The number of benzene rings is 1. The van der Waals surface area contributed by atoms with Crippen LogP contribution in [0.2, 0.25) is 0 Å². The molecule has 0 amide bonds. The van der Waals surface area contributed by atoms with Crippen molar-refractivity contribution in [2.75, 3.05) is 0 Å². The summed E-state index contributed by atoms with van der Waals surface area (Å²) in [6.07, 6.45) is -0.455. The van der Waals surface area contributed by atoms with Gasteiger partial charge >= 0.3 is 5.97 Å². The number of fused-ring (bicyclic) bond motifs is 1. The zero-order valence-electron chi connectivity index (χ0n) is 11.3. The fourth-order valence-electron chi connectivity index (χ4n) is 2.30. The molecule has 0 aliphatic heterocycles. The lowest BCUT2D eigenvalue weighted by atomic mass is 10.0. The Kier molecular flexibility index (Phi) is 3.61. The number of aryl methyl sites for hydroxylation is 1. The van der Waals surface area contributed by atoms with Crippen molar-refractivity contribution in [2.45, 2.75) is 13.3 Å². The van der Waals surface area contributed by atoms with Gasteiger partial charge in [-0.05, 0) is 30.0 Å². The molecular weight excluding hydrogens is 304 g/mol. The summed E-state index contributed by atoms with van der Waals surface area (Å²) in [6.45, 7) is 1.96. The lowest BCUT2D eigenvalue weighted by molar-refractivity contribution is -0.135. The molecule has 3 nitrogen and oxygen atoms in total. The Bertz CT molecular complexity index is 842. The highest BCUT2D eigenvalue weighted by molar-refractivity contribution is 7.18. The lowest BCUT2D eigenvalue weighted by Gasteiger charge is -1.97. The number of thiophene rings is 2. The molecule has 1 aromatic carbocycles. The van der Waals surface area contributed by atoms with Gasteiger partial charge in [-0.3, -0.25) is 9.59 Å². The number of carboxylic acids is 1. The molecule has 2 heterocycles. The normalized spacial score (nSPS) is 10.9. The summed E-state index contributed by atoms with van der Waals surface area (Å²) < 4.78 is 1.21. The SMILES string of the molecule is Cc1sc(C(=O)CC(=O)O)cc1-c1csc2ccccc12. The van der Waals surface area contributed by atoms with Crippen LogP contribution in [0.15, 0.2) is 35.7 Å². The van der Waals surface area contributed by atoms with Crippen LogP contribution in [0.25, 0.3) is 21.2 Å². The minimum atomic E-state index is -1.09. The van der Waals surface area contributed by atoms with Crippen molar-refractivity contribution in [3.05, 3.63) is 45.5 Å². The minimum Gasteiger partial charge on any atom is -0.481 e. The maximum atomic E-state index is 11.9. The average molecular weight is 316 g/mol. The zero-order valence-corrected chi connectivity index (χ0v) is 12.9. The van der Waals surface area contributed by atoms with Crippen molar-refractivity contribution >= 4 is 44.5 Å². The highest BCUT2D eigenvalue weighted by atomic mass is 32.1. The van der Waals surface area contributed by atoms with Crippen molar-refractivity contribution in [1.82, 2.24) is 0 Å². The van der Waals surface area contributed by atoms with Crippen LogP contribution < -0.4 is 0 Å². The number of carboxylic acid groups (broad SMARTS) is 1. The fraction of sp³-hybridized carbons (Fsp3) is 0.125. The number of carbonyl (C=O) groups excluding carboxylic acids is 1. The summed E-state index contributed by atoms with van der Waals surface area (Å²) in [7, 11) is 0. The van der Waals surface area contributed by atoms with Crippen LogP contribution in [0, 0.1) is 6.92 Å². The van der Waals surface area contributed by atoms with Gasteiger partial charge in [0.15, 0.2) is 5.78 Å². The van der Waals surface area contributed by atoms with Crippen LogP contribution in [0.5, 0.6) is 0 Å². The molecule has 0 radical (unpaired) electrons. The lowest BCUT2D eigenvalue weighted by Crippen LogP contribution is -2.04. The summed E-state index contributed by atoms with van der Waals surface area (Å²) in [5.74, 6) is -1.42. The van der Waals surface area contributed by atoms with Crippen molar-refractivity contribution < 1.29 is 14.7 Å². The number of Topliss-reactive ketones (excluding diaryl/α,β-unsaturated/α-hetero) is 1. The number of carbonyl (C=O) groups is 2. The smallest absolute Gasteiger partial charge is 0.311 e. The van der Waals surface area contributed by atoms with E-state index in [1.807, 2.05) is 25.1 Å². The first kappa shape index (κ1) is 14.0. The van der Waals surface area contributed by atoms with Gasteiger partial charge in [0, 0.05) is 20.5 Å². The molecule has 0 unspecified atom stereocenters. The van der Waals surface area contributed by atoms with E-state index in [1.165, 1.54) is 21.4 Å².